The number of nitrogens with one attached hydrogen (secondary N) is 1. The molecule has 1 N–H and O–H groups in total. The molecule has 1 heterocycles. The molecule has 4 nitrogen and oxygen atoms in total. The van der Waals surface area contributed by atoms with Crippen molar-refractivity contribution in [3.63, 3.8) is 0 Å². The molecule has 2 rings (SSSR count). The van der Waals surface area contributed by atoms with Gasteiger partial charge >= 0.3 is 0 Å². The summed E-state index contributed by atoms with van der Waals surface area (Å²) >= 11 is 1.44. The Kier molecular flexibility index (Phi) is 3.05. The molecule has 84 valence electrons. The van der Waals surface area contributed by atoms with Gasteiger partial charge in [0.05, 0.1) is 16.8 Å². The van der Waals surface area contributed by atoms with Crippen LogP contribution in [0.4, 0.5) is 5.13 Å². The fourth-order valence-corrected chi connectivity index (χ4v) is 2.31. The number of fused-ring (bicyclic) bond motifs is 1. The van der Waals surface area contributed by atoms with E-state index in [2.05, 4.69) is 10.3 Å². The Bertz CT molecular complexity index is 522. The second kappa shape index (κ2) is 4.49. The lowest BCUT2D eigenvalue weighted by molar-refractivity contribution is -0.114. The minimum absolute atomic E-state index is 0.107. The van der Waals surface area contributed by atoms with Crippen LogP contribution in [0.3, 0.4) is 0 Å². The monoisotopic (exact) mass is 236 g/mol. The molecule has 0 spiro atoms. The first kappa shape index (κ1) is 10.9. The number of thiazole rings is 1. The molecule has 1 amide bonds. The van der Waals surface area contributed by atoms with Gasteiger partial charge in [-0.2, -0.15) is 0 Å². The van der Waals surface area contributed by atoms with Gasteiger partial charge in [0.2, 0.25) is 5.91 Å². The zero-order chi connectivity index (χ0) is 11.5. The summed E-state index contributed by atoms with van der Waals surface area (Å²) < 4.78 is 6.40. The lowest BCUT2D eigenvalue weighted by atomic mass is 10.3. The van der Waals surface area contributed by atoms with Gasteiger partial charge in [0, 0.05) is 6.92 Å². The number of hydrogen-bond donors (Lipinski definition) is 1. The fourth-order valence-electron chi connectivity index (χ4n) is 1.37. The van der Waals surface area contributed by atoms with Crippen molar-refractivity contribution in [2.24, 2.45) is 0 Å². The van der Waals surface area contributed by atoms with Crippen molar-refractivity contribution in [2.75, 3.05) is 11.9 Å². The SMILES string of the molecule is CCOc1ccc2nc(NC(C)=O)sc2c1. The smallest absolute Gasteiger partial charge is 0.223 e. The van der Waals surface area contributed by atoms with E-state index >= 15 is 0 Å². The molecular weight excluding hydrogens is 224 g/mol. The summed E-state index contributed by atoms with van der Waals surface area (Å²) in [5, 5.41) is 3.29. The van der Waals surface area contributed by atoms with E-state index in [0.29, 0.717) is 11.7 Å². The van der Waals surface area contributed by atoms with Gasteiger partial charge in [-0.25, -0.2) is 4.98 Å². The first-order valence-electron chi connectivity index (χ1n) is 5.00. The quantitative estimate of drug-likeness (QED) is 0.891. The topological polar surface area (TPSA) is 51.2 Å². The van der Waals surface area contributed by atoms with E-state index in [4.69, 9.17) is 4.74 Å². The van der Waals surface area contributed by atoms with Crippen LogP contribution < -0.4 is 10.1 Å². The number of anilines is 1. The molecule has 0 aliphatic carbocycles. The van der Waals surface area contributed by atoms with Crippen molar-refractivity contribution >= 4 is 32.6 Å². The standard InChI is InChI=1S/C11H12N2O2S/c1-3-15-8-4-5-9-10(6-8)16-11(13-9)12-7(2)14/h4-6H,3H2,1-2H3,(H,12,13,14). The van der Waals surface area contributed by atoms with Gasteiger partial charge in [-0.3, -0.25) is 4.79 Å². The molecule has 2 aromatic rings. The molecule has 16 heavy (non-hydrogen) atoms. The van der Waals surface area contributed by atoms with E-state index in [9.17, 15) is 4.79 Å². The number of hydrogen-bond acceptors (Lipinski definition) is 4. The average Bonchev–Trinajstić information content (AvgIpc) is 2.58. The van der Waals surface area contributed by atoms with Crippen LogP contribution in [0.1, 0.15) is 13.8 Å². The van der Waals surface area contributed by atoms with Crippen LogP contribution in [-0.4, -0.2) is 17.5 Å². The van der Waals surface area contributed by atoms with E-state index in [-0.39, 0.29) is 5.91 Å². The largest absolute Gasteiger partial charge is 0.494 e. The predicted molar refractivity (Wildman–Crippen MR) is 65.1 cm³/mol. The van der Waals surface area contributed by atoms with Gasteiger partial charge in [0.1, 0.15) is 5.75 Å². The van der Waals surface area contributed by atoms with Crippen LogP contribution in [0.5, 0.6) is 5.75 Å². The van der Waals surface area contributed by atoms with E-state index < -0.39 is 0 Å². The second-order valence-corrected chi connectivity index (χ2v) is 4.29. The molecule has 0 bridgehead atoms. The van der Waals surface area contributed by atoms with Crippen LogP contribution in [0.25, 0.3) is 10.2 Å². The maximum absolute atomic E-state index is 10.9. The molecule has 0 aliphatic heterocycles. The van der Waals surface area contributed by atoms with Crippen LogP contribution in [-0.2, 0) is 4.79 Å². The lowest BCUT2D eigenvalue weighted by Gasteiger charge is -2.00. The number of carbonyl (C=O) groups is 1. The summed E-state index contributed by atoms with van der Waals surface area (Å²) in [6.07, 6.45) is 0. The first-order chi connectivity index (χ1) is 7.69. The van der Waals surface area contributed by atoms with Crippen molar-refractivity contribution < 1.29 is 9.53 Å². The average molecular weight is 236 g/mol. The third kappa shape index (κ3) is 2.30. The molecule has 0 radical (unpaired) electrons. The number of amides is 1. The predicted octanol–water partition coefficient (Wildman–Crippen LogP) is 2.65. The summed E-state index contributed by atoms with van der Waals surface area (Å²) in [6.45, 7) is 4.06. The first-order valence-corrected chi connectivity index (χ1v) is 5.81. The summed E-state index contributed by atoms with van der Waals surface area (Å²) in [6, 6.07) is 5.70. The van der Waals surface area contributed by atoms with Crippen LogP contribution in [0.2, 0.25) is 0 Å². The highest BCUT2D eigenvalue weighted by atomic mass is 32.1. The lowest BCUT2D eigenvalue weighted by Crippen LogP contribution is -2.04. The Labute approximate surface area is 97.3 Å². The highest BCUT2D eigenvalue weighted by Gasteiger charge is 2.05. The maximum Gasteiger partial charge on any atom is 0.223 e. The zero-order valence-corrected chi connectivity index (χ0v) is 9.93. The number of ether oxygens (including phenoxy) is 1. The zero-order valence-electron chi connectivity index (χ0n) is 9.11. The molecule has 1 aromatic heterocycles. The number of carbonyl (C=O) groups excluding carboxylic acids is 1. The molecule has 0 fully saturated rings. The Hall–Kier alpha value is -1.62. The Morgan fingerprint density at radius 1 is 1.56 bits per heavy atom. The van der Waals surface area contributed by atoms with Crippen molar-refractivity contribution in [3.05, 3.63) is 18.2 Å². The minimum atomic E-state index is -0.107. The Morgan fingerprint density at radius 2 is 2.38 bits per heavy atom. The van der Waals surface area contributed by atoms with Gasteiger partial charge in [-0.1, -0.05) is 11.3 Å². The highest BCUT2D eigenvalue weighted by molar-refractivity contribution is 7.22. The molecule has 5 heteroatoms. The van der Waals surface area contributed by atoms with Crippen molar-refractivity contribution in [1.29, 1.82) is 0 Å². The van der Waals surface area contributed by atoms with Gasteiger partial charge < -0.3 is 10.1 Å². The summed E-state index contributed by atoms with van der Waals surface area (Å²) in [7, 11) is 0. The second-order valence-electron chi connectivity index (χ2n) is 3.26. The molecule has 0 aliphatic rings. The highest BCUT2D eigenvalue weighted by Crippen LogP contribution is 2.29. The number of benzene rings is 1. The Morgan fingerprint density at radius 3 is 3.06 bits per heavy atom. The van der Waals surface area contributed by atoms with Crippen LogP contribution in [0, 0.1) is 0 Å². The molecule has 1 aromatic carbocycles. The molecule has 0 unspecified atom stereocenters. The molecule has 0 saturated heterocycles. The van der Waals surface area contributed by atoms with Gasteiger partial charge in [0.15, 0.2) is 5.13 Å². The van der Waals surface area contributed by atoms with E-state index in [0.717, 1.165) is 16.0 Å². The van der Waals surface area contributed by atoms with E-state index in [1.54, 1.807) is 0 Å². The van der Waals surface area contributed by atoms with Crippen LogP contribution >= 0.6 is 11.3 Å². The molecule has 0 atom stereocenters. The third-order valence-electron chi connectivity index (χ3n) is 1.95. The van der Waals surface area contributed by atoms with E-state index in [1.807, 2.05) is 25.1 Å². The van der Waals surface area contributed by atoms with Crippen molar-refractivity contribution in [2.45, 2.75) is 13.8 Å². The molecule has 0 saturated carbocycles. The van der Waals surface area contributed by atoms with Crippen molar-refractivity contribution in [1.82, 2.24) is 4.98 Å². The number of nitrogens with zero attached hydrogens (tertiary/aromatic N) is 1. The van der Waals surface area contributed by atoms with Gasteiger partial charge in [-0.15, -0.1) is 0 Å². The molecular formula is C11H12N2O2S. The van der Waals surface area contributed by atoms with E-state index in [1.165, 1.54) is 18.3 Å². The maximum atomic E-state index is 10.9. The summed E-state index contributed by atoms with van der Waals surface area (Å²) in [4.78, 5) is 15.2. The number of rotatable bonds is 3. The fraction of sp³-hybridized carbons (Fsp3) is 0.273. The van der Waals surface area contributed by atoms with Crippen molar-refractivity contribution in [3.8, 4) is 5.75 Å². The Balaban J connectivity index is 2.34. The van der Waals surface area contributed by atoms with Gasteiger partial charge in [-0.05, 0) is 25.1 Å². The van der Waals surface area contributed by atoms with Gasteiger partial charge in [0.25, 0.3) is 0 Å². The summed E-state index contributed by atoms with van der Waals surface area (Å²) in [5.74, 6) is 0.720. The normalized spacial score (nSPS) is 10.4. The summed E-state index contributed by atoms with van der Waals surface area (Å²) in [5.41, 5.74) is 0.872. The third-order valence-corrected chi connectivity index (χ3v) is 2.89. The number of aromatic nitrogens is 1. The minimum Gasteiger partial charge on any atom is -0.494 e. The van der Waals surface area contributed by atoms with Crippen LogP contribution in [0.15, 0.2) is 18.2 Å².